The van der Waals surface area contributed by atoms with Crippen LogP contribution < -0.4 is 15.4 Å². The van der Waals surface area contributed by atoms with Crippen molar-refractivity contribution in [2.75, 3.05) is 37.9 Å². The van der Waals surface area contributed by atoms with Gasteiger partial charge in [0.2, 0.25) is 5.95 Å². The summed E-state index contributed by atoms with van der Waals surface area (Å²) in [5.74, 6) is -0.439. The second-order valence-electron chi connectivity index (χ2n) is 7.90. The van der Waals surface area contributed by atoms with E-state index in [1.54, 1.807) is 20.3 Å². The molecule has 10 nitrogen and oxygen atoms in total. The van der Waals surface area contributed by atoms with Crippen LogP contribution in [-0.2, 0) is 4.74 Å². The number of hydrogen-bond donors (Lipinski definition) is 1. The van der Waals surface area contributed by atoms with Gasteiger partial charge in [-0.25, -0.2) is 9.37 Å². The molecule has 2 aromatic heterocycles. The van der Waals surface area contributed by atoms with Gasteiger partial charge >= 0.3 is 6.01 Å². The van der Waals surface area contributed by atoms with Gasteiger partial charge in [-0.15, -0.1) is 0 Å². The molecule has 0 spiro atoms. The molecule has 1 amide bonds. The SMILES string of the molecule is C[C@H]1CN(c2nc(Oc3ccc(C(=O)N(C)C)cc3F)nc(-c3cnc(N)s3)n2)[C@@H](C)CO1. The van der Waals surface area contributed by atoms with Gasteiger partial charge in [0.15, 0.2) is 22.5 Å². The Bertz CT molecular complexity index is 1170. The molecule has 4 rings (SSSR count). The van der Waals surface area contributed by atoms with Gasteiger partial charge in [-0.05, 0) is 32.0 Å². The molecule has 1 aliphatic heterocycles. The van der Waals surface area contributed by atoms with Crippen molar-refractivity contribution in [3.05, 3.63) is 35.8 Å². The minimum atomic E-state index is -0.707. The van der Waals surface area contributed by atoms with Crippen LogP contribution in [-0.4, -0.2) is 70.1 Å². The number of amides is 1. The Morgan fingerprint density at radius 3 is 2.76 bits per heavy atom. The van der Waals surface area contributed by atoms with E-state index in [4.69, 9.17) is 15.2 Å². The molecule has 174 valence electrons. The lowest BCUT2D eigenvalue weighted by Gasteiger charge is -2.36. The summed E-state index contributed by atoms with van der Waals surface area (Å²) >= 11 is 1.22. The van der Waals surface area contributed by atoms with Crippen LogP contribution >= 0.6 is 11.3 Å². The van der Waals surface area contributed by atoms with Gasteiger partial charge in [-0.1, -0.05) is 11.3 Å². The third-order valence-electron chi connectivity index (χ3n) is 5.00. The van der Waals surface area contributed by atoms with Crippen LogP contribution in [0.25, 0.3) is 10.7 Å². The summed E-state index contributed by atoms with van der Waals surface area (Å²) in [7, 11) is 3.19. The fourth-order valence-electron chi connectivity index (χ4n) is 3.28. The van der Waals surface area contributed by atoms with E-state index in [2.05, 4.69) is 19.9 Å². The first-order chi connectivity index (χ1) is 15.7. The topological polar surface area (TPSA) is 120 Å². The zero-order chi connectivity index (χ0) is 23.7. The third-order valence-corrected chi connectivity index (χ3v) is 5.82. The van der Waals surface area contributed by atoms with Crippen LogP contribution in [0.5, 0.6) is 11.8 Å². The summed E-state index contributed by atoms with van der Waals surface area (Å²) in [5, 5.41) is 0.370. The number of nitrogen functional groups attached to an aromatic ring is 1. The molecule has 1 aliphatic rings. The molecule has 3 heterocycles. The molecular weight excluding hydrogens is 449 g/mol. The van der Waals surface area contributed by atoms with Crippen LogP contribution in [0, 0.1) is 5.82 Å². The molecule has 0 saturated carbocycles. The number of anilines is 2. The van der Waals surface area contributed by atoms with Crippen LogP contribution in [0.1, 0.15) is 24.2 Å². The van der Waals surface area contributed by atoms with Crippen molar-refractivity contribution in [2.45, 2.75) is 26.0 Å². The summed E-state index contributed by atoms with van der Waals surface area (Å²) in [4.78, 5) is 33.5. The summed E-state index contributed by atoms with van der Waals surface area (Å²) in [6, 6.07) is 3.91. The van der Waals surface area contributed by atoms with E-state index in [9.17, 15) is 9.18 Å². The Labute approximate surface area is 194 Å². The summed E-state index contributed by atoms with van der Waals surface area (Å²) < 4.78 is 26.1. The fraction of sp³-hybridized carbons (Fsp3) is 0.381. The number of rotatable bonds is 5. The number of aromatic nitrogens is 4. The molecule has 1 aromatic carbocycles. The van der Waals surface area contributed by atoms with Gasteiger partial charge < -0.3 is 25.0 Å². The highest BCUT2D eigenvalue weighted by Crippen LogP contribution is 2.30. The largest absolute Gasteiger partial charge is 0.421 e. The monoisotopic (exact) mass is 473 g/mol. The molecular formula is C21H24FN7O3S. The Balaban J connectivity index is 1.71. The van der Waals surface area contributed by atoms with Crippen LogP contribution in [0.2, 0.25) is 0 Å². The number of carbonyl (C=O) groups excluding carboxylic acids is 1. The highest BCUT2D eigenvalue weighted by Gasteiger charge is 2.27. The molecule has 33 heavy (non-hydrogen) atoms. The Kier molecular flexibility index (Phi) is 6.38. The molecule has 0 radical (unpaired) electrons. The number of nitrogens with zero attached hydrogens (tertiary/aromatic N) is 6. The van der Waals surface area contributed by atoms with Gasteiger partial charge in [-0.3, -0.25) is 4.79 Å². The summed E-state index contributed by atoms with van der Waals surface area (Å²) in [6.07, 6.45) is 1.56. The highest BCUT2D eigenvalue weighted by molar-refractivity contribution is 7.18. The van der Waals surface area contributed by atoms with Gasteiger partial charge in [0, 0.05) is 26.2 Å². The van der Waals surface area contributed by atoms with Gasteiger partial charge in [0.25, 0.3) is 5.91 Å². The van der Waals surface area contributed by atoms with E-state index in [1.165, 1.54) is 28.4 Å². The van der Waals surface area contributed by atoms with Gasteiger partial charge in [0.1, 0.15) is 0 Å². The van der Waals surface area contributed by atoms with E-state index >= 15 is 0 Å². The van der Waals surface area contributed by atoms with Gasteiger partial charge in [-0.2, -0.15) is 15.0 Å². The first kappa shape index (κ1) is 22.8. The summed E-state index contributed by atoms with van der Waals surface area (Å²) in [6.45, 7) is 5.06. The lowest BCUT2D eigenvalue weighted by molar-refractivity contribution is 0.0336. The molecule has 0 bridgehead atoms. The second-order valence-corrected chi connectivity index (χ2v) is 8.96. The number of nitrogens with two attached hydrogens (primary N) is 1. The van der Waals surface area contributed by atoms with E-state index < -0.39 is 5.82 Å². The smallest absolute Gasteiger partial charge is 0.327 e. The predicted octanol–water partition coefficient (Wildman–Crippen LogP) is 2.82. The molecule has 2 atom stereocenters. The van der Waals surface area contributed by atoms with E-state index in [1.807, 2.05) is 18.7 Å². The van der Waals surface area contributed by atoms with Crippen molar-refractivity contribution in [1.82, 2.24) is 24.8 Å². The number of carbonyl (C=O) groups is 1. The molecule has 12 heteroatoms. The number of ether oxygens (including phenoxy) is 2. The maximum absolute atomic E-state index is 14.7. The summed E-state index contributed by atoms with van der Waals surface area (Å²) in [5.41, 5.74) is 5.98. The standard InChI is InChI=1S/C21H24FN7O3S/c1-11-10-31-12(2)9-29(11)20-25-17(16-8-24-19(23)33-16)26-21(27-20)32-15-6-5-13(7-14(15)22)18(30)28(3)4/h5-8,11-12H,9-10H2,1-4H3,(H2,23,24)/t11-,12-/m0/s1. The molecule has 1 saturated heterocycles. The molecule has 0 aliphatic carbocycles. The average molecular weight is 474 g/mol. The first-order valence-electron chi connectivity index (χ1n) is 10.3. The number of benzene rings is 1. The third kappa shape index (κ3) is 5.01. The lowest BCUT2D eigenvalue weighted by Crippen LogP contribution is -2.48. The quantitative estimate of drug-likeness (QED) is 0.596. The van der Waals surface area contributed by atoms with Crippen molar-refractivity contribution < 1.29 is 18.7 Å². The lowest BCUT2D eigenvalue weighted by atomic mass is 10.2. The number of halogens is 1. The zero-order valence-electron chi connectivity index (χ0n) is 18.6. The highest BCUT2D eigenvalue weighted by atomic mass is 32.1. The number of morpholine rings is 1. The van der Waals surface area contributed by atoms with E-state index in [0.29, 0.717) is 34.9 Å². The number of hydrogen-bond acceptors (Lipinski definition) is 10. The minimum Gasteiger partial charge on any atom is -0.421 e. The molecule has 0 unspecified atom stereocenters. The number of thiazole rings is 1. The Morgan fingerprint density at radius 2 is 2.09 bits per heavy atom. The van der Waals surface area contributed by atoms with Crippen LogP contribution in [0.15, 0.2) is 24.4 Å². The minimum absolute atomic E-state index is 0.0101. The second kappa shape index (κ2) is 9.24. The van der Waals surface area contributed by atoms with Crippen LogP contribution in [0.4, 0.5) is 15.5 Å². The van der Waals surface area contributed by atoms with Crippen molar-refractivity contribution in [2.24, 2.45) is 0 Å². The van der Waals surface area contributed by atoms with Crippen molar-refractivity contribution in [1.29, 1.82) is 0 Å². The van der Waals surface area contributed by atoms with Crippen molar-refractivity contribution in [3.8, 4) is 22.5 Å². The maximum atomic E-state index is 14.7. The Hall–Kier alpha value is -3.38. The molecule has 1 fully saturated rings. The maximum Gasteiger partial charge on any atom is 0.327 e. The first-order valence-corrected chi connectivity index (χ1v) is 11.1. The Morgan fingerprint density at radius 1 is 1.30 bits per heavy atom. The normalized spacial score (nSPS) is 18.3. The van der Waals surface area contributed by atoms with Crippen molar-refractivity contribution in [3.63, 3.8) is 0 Å². The molecule has 2 N–H and O–H groups in total. The van der Waals surface area contributed by atoms with Crippen molar-refractivity contribution >= 4 is 28.3 Å². The van der Waals surface area contributed by atoms with E-state index in [-0.39, 0.29) is 35.4 Å². The zero-order valence-corrected chi connectivity index (χ0v) is 19.5. The predicted molar refractivity (Wildman–Crippen MR) is 122 cm³/mol. The van der Waals surface area contributed by atoms with E-state index in [0.717, 1.165) is 6.07 Å². The average Bonchev–Trinajstić information content (AvgIpc) is 3.22. The van der Waals surface area contributed by atoms with Gasteiger partial charge in [0.05, 0.1) is 29.8 Å². The van der Waals surface area contributed by atoms with Crippen LogP contribution in [0.3, 0.4) is 0 Å². The fourth-order valence-corrected chi connectivity index (χ4v) is 3.89. The molecule has 3 aromatic rings.